The van der Waals surface area contributed by atoms with Crippen LogP contribution in [0.5, 0.6) is 0 Å². The van der Waals surface area contributed by atoms with Crippen molar-refractivity contribution in [1.82, 2.24) is 4.72 Å². The van der Waals surface area contributed by atoms with Gasteiger partial charge in [-0.1, -0.05) is 0 Å². The molecule has 0 unspecified atom stereocenters. The number of benzene rings is 1. The van der Waals surface area contributed by atoms with Gasteiger partial charge in [0.2, 0.25) is 10.0 Å². The molecule has 1 aromatic carbocycles. The normalized spacial score (nSPS) is 18.9. The number of hydrogen-bond acceptors (Lipinski definition) is 5. The lowest BCUT2D eigenvalue weighted by molar-refractivity contribution is -0.0588. The van der Waals surface area contributed by atoms with E-state index in [-0.39, 0.29) is 17.1 Å². The summed E-state index contributed by atoms with van der Waals surface area (Å²) in [4.78, 5) is -0.132. The van der Waals surface area contributed by atoms with Gasteiger partial charge >= 0.3 is 0 Å². The van der Waals surface area contributed by atoms with Crippen LogP contribution in [0.3, 0.4) is 0 Å². The first-order valence-electron chi connectivity index (χ1n) is 6.17. The van der Waals surface area contributed by atoms with Gasteiger partial charge in [0.25, 0.3) is 0 Å². The minimum Gasteiger partial charge on any atom is -0.396 e. The molecule has 0 aromatic heterocycles. The van der Waals surface area contributed by atoms with Crippen LogP contribution in [-0.2, 0) is 14.8 Å². The average molecular weight is 304 g/mol. The van der Waals surface area contributed by atoms with Crippen LogP contribution in [0.2, 0.25) is 0 Å². The molecule has 0 amide bonds. The van der Waals surface area contributed by atoms with Crippen LogP contribution in [0.4, 0.5) is 10.1 Å². The predicted molar refractivity (Wildman–Crippen MR) is 71.0 cm³/mol. The standard InChI is InChI=1S/C12H17FN2O4S/c13-10-2-1-9(7-11(10)14)20(17,18)15-8-12(16)3-5-19-6-4-12/h1-2,7,15-16H,3-6,8,14H2. The van der Waals surface area contributed by atoms with E-state index in [1.807, 2.05) is 0 Å². The van der Waals surface area contributed by atoms with Crippen molar-refractivity contribution in [3.63, 3.8) is 0 Å². The Bertz CT molecular complexity index is 585. The van der Waals surface area contributed by atoms with Crippen molar-refractivity contribution in [1.29, 1.82) is 0 Å². The van der Waals surface area contributed by atoms with Crippen molar-refractivity contribution >= 4 is 15.7 Å². The van der Waals surface area contributed by atoms with Crippen molar-refractivity contribution < 1.29 is 22.7 Å². The smallest absolute Gasteiger partial charge is 0.240 e. The Hall–Kier alpha value is -1.22. The van der Waals surface area contributed by atoms with E-state index in [2.05, 4.69) is 4.72 Å². The van der Waals surface area contributed by atoms with Crippen molar-refractivity contribution in [3.8, 4) is 0 Å². The summed E-state index contributed by atoms with van der Waals surface area (Å²) < 4.78 is 44.6. The number of sulfonamides is 1. The van der Waals surface area contributed by atoms with Gasteiger partial charge < -0.3 is 15.6 Å². The number of aliphatic hydroxyl groups is 1. The number of halogens is 1. The van der Waals surface area contributed by atoms with Crippen LogP contribution in [0.15, 0.2) is 23.1 Å². The summed E-state index contributed by atoms with van der Waals surface area (Å²) in [5, 5.41) is 10.2. The van der Waals surface area contributed by atoms with E-state index in [0.29, 0.717) is 26.1 Å². The van der Waals surface area contributed by atoms with Crippen LogP contribution in [0.25, 0.3) is 0 Å². The number of ether oxygens (including phenoxy) is 1. The first-order chi connectivity index (χ1) is 9.32. The zero-order chi connectivity index (χ0) is 14.8. The Morgan fingerprint density at radius 2 is 2.05 bits per heavy atom. The van der Waals surface area contributed by atoms with Crippen LogP contribution in [0.1, 0.15) is 12.8 Å². The molecule has 8 heteroatoms. The fraction of sp³-hybridized carbons (Fsp3) is 0.500. The summed E-state index contributed by atoms with van der Waals surface area (Å²) in [7, 11) is -3.83. The molecule has 112 valence electrons. The highest BCUT2D eigenvalue weighted by Gasteiger charge is 2.31. The first kappa shape index (κ1) is 15.2. The summed E-state index contributed by atoms with van der Waals surface area (Å²) >= 11 is 0. The fourth-order valence-electron chi connectivity index (χ4n) is 1.93. The number of hydrogen-bond donors (Lipinski definition) is 3. The second-order valence-electron chi connectivity index (χ2n) is 4.84. The van der Waals surface area contributed by atoms with Crippen molar-refractivity contribution in [2.45, 2.75) is 23.3 Å². The highest BCUT2D eigenvalue weighted by Crippen LogP contribution is 2.21. The number of nitrogens with two attached hydrogens (primary N) is 1. The lowest BCUT2D eigenvalue weighted by atomic mass is 9.95. The molecule has 1 aromatic rings. The quantitative estimate of drug-likeness (QED) is 0.691. The molecule has 0 radical (unpaired) electrons. The van der Waals surface area contributed by atoms with Crippen LogP contribution >= 0.6 is 0 Å². The van der Waals surface area contributed by atoms with Crippen molar-refractivity contribution in [2.24, 2.45) is 0 Å². The summed E-state index contributed by atoms with van der Waals surface area (Å²) in [6.07, 6.45) is 0.724. The second-order valence-corrected chi connectivity index (χ2v) is 6.61. The molecule has 0 bridgehead atoms. The van der Waals surface area contributed by atoms with E-state index in [9.17, 15) is 17.9 Å². The van der Waals surface area contributed by atoms with Gasteiger partial charge in [0, 0.05) is 32.6 Å². The molecule has 6 nitrogen and oxygen atoms in total. The Morgan fingerprint density at radius 3 is 2.65 bits per heavy atom. The van der Waals surface area contributed by atoms with Crippen molar-refractivity contribution in [3.05, 3.63) is 24.0 Å². The first-order valence-corrected chi connectivity index (χ1v) is 7.66. The molecular weight excluding hydrogens is 287 g/mol. The van der Waals surface area contributed by atoms with Crippen LogP contribution < -0.4 is 10.5 Å². The molecular formula is C12H17FN2O4S. The number of rotatable bonds is 4. The third kappa shape index (κ3) is 3.45. The topological polar surface area (TPSA) is 102 Å². The Balaban J connectivity index is 2.09. The molecule has 1 saturated heterocycles. The molecule has 0 spiro atoms. The van der Waals surface area contributed by atoms with Crippen LogP contribution in [-0.4, -0.2) is 38.9 Å². The van der Waals surface area contributed by atoms with Gasteiger partial charge in [-0.15, -0.1) is 0 Å². The van der Waals surface area contributed by atoms with Gasteiger partial charge in [-0.2, -0.15) is 0 Å². The van der Waals surface area contributed by atoms with E-state index < -0.39 is 21.4 Å². The number of nitrogen functional groups attached to an aromatic ring is 1. The highest BCUT2D eigenvalue weighted by molar-refractivity contribution is 7.89. The van der Waals surface area contributed by atoms with Crippen LogP contribution in [0, 0.1) is 5.82 Å². The maximum atomic E-state index is 13.0. The third-order valence-corrected chi connectivity index (χ3v) is 4.69. The van der Waals surface area contributed by atoms with Gasteiger partial charge in [0.1, 0.15) is 5.82 Å². The van der Waals surface area contributed by atoms with Crippen molar-refractivity contribution in [2.75, 3.05) is 25.5 Å². The van der Waals surface area contributed by atoms with E-state index in [1.54, 1.807) is 0 Å². The monoisotopic (exact) mass is 304 g/mol. The molecule has 0 saturated carbocycles. The summed E-state index contributed by atoms with van der Waals surface area (Å²) in [6, 6.07) is 3.17. The summed E-state index contributed by atoms with van der Waals surface area (Å²) in [6.45, 7) is 0.666. The van der Waals surface area contributed by atoms with Gasteiger partial charge in [-0.05, 0) is 18.2 Å². The number of anilines is 1. The second kappa shape index (κ2) is 5.65. The lowest BCUT2D eigenvalue weighted by Crippen LogP contribution is -2.46. The highest BCUT2D eigenvalue weighted by atomic mass is 32.2. The number of nitrogens with one attached hydrogen (secondary N) is 1. The zero-order valence-electron chi connectivity index (χ0n) is 10.8. The minimum atomic E-state index is -3.83. The molecule has 4 N–H and O–H groups in total. The summed E-state index contributed by atoms with van der Waals surface area (Å²) in [5.74, 6) is -0.674. The fourth-order valence-corrected chi connectivity index (χ4v) is 3.08. The van der Waals surface area contributed by atoms with Gasteiger partial charge in [-0.3, -0.25) is 0 Å². The van der Waals surface area contributed by atoms with E-state index in [1.165, 1.54) is 0 Å². The lowest BCUT2D eigenvalue weighted by Gasteiger charge is -2.31. The van der Waals surface area contributed by atoms with Gasteiger partial charge in [0.05, 0.1) is 16.2 Å². The van der Waals surface area contributed by atoms with E-state index >= 15 is 0 Å². The molecule has 2 rings (SSSR count). The molecule has 20 heavy (non-hydrogen) atoms. The Kier molecular flexibility index (Phi) is 4.28. The Labute approximate surface area is 116 Å². The minimum absolute atomic E-state index is 0.115. The molecule has 1 aliphatic rings. The molecule has 1 aliphatic heterocycles. The molecule has 0 aliphatic carbocycles. The summed E-state index contributed by atoms with van der Waals surface area (Å²) in [5.41, 5.74) is 4.00. The molecule has 1 heterocycles. The maximum Gasteiger partial charge on any atom is 0.240 e. The van der Waals surface area contributed by atoms with E-state index in [4.69, 9.17) is 10.5 Å². The maximum absolute atomic E-state index is 13.0. The average Bonchev–Trinajstić information content (AvgIpc) is 2.41. The molecule has 1 fully saturated rings. The SMILES string of the molecule is Nc1cc(S(=O)(=O)NCC2(O)CCOCC2)ccc1F. The predicted octanol–water partition coefficient (Wildman–Crippen LogP) is 0.228. The van der Waals surface area contributed by atoms with Gasteiger partial charge in [-0.25, -0.2) is 17.5 Å². The van der Waals surface area contributed by atoms with E-state index in [0.717, 1.165) is 18.2 Å². The third-order valence-electron chi connectivity index (χ3n) is 3.29. The zero-order valence-corrected chi connectivity index (χ0v) is 11.6. The largest absolute Gasteiger partial charge is 0.396 e. The molecule has 0 atom stereocenters. The van der Waals surface area contributed by atoms with Gasteiger partial charge in [0.15, 0.2) is 0 Å². The Morgan fingerprint density at radius 1 is 1.40 bits per heavy atom.